The van der Waals surface area contributed by atoms with Crippen molar-refractivity contribution in [1.29, 1.82) is 0 Å². The summed E-state index contributed by atoms with van der Waals surface area (Å²) in [7, 11) is 2.81. The van der Waals surface area contributed by atoms with E-state index in [2.05, 4.69) is 74.1 Å². The minimum Gasteiger partial charge on any atom is -0.468 e. The van der Waals surface area contributed by atoms with E-state index in [0.29, 0.717) is 18.9 Å². The number of esters is 1. The number of carbonyl (C=O) groups excluding carboxylic acids is 4. The molecule has 0 unspecified atom stereocenters. The highest BCUT2D eigenvalue weighted by Gasteiger charge is 2.39. The number of hydrogen-bond acceptors (Lipinski definition) is 9. The molecule has 14 nitrogen and oxygen atoms in total. The maximum atomic E-state index is 13.6. The number of aromatic nitrogens is 4. The highest BCUT2D eigenvalue weighted by Crippen LogP contribution is 2.35. The molecule has 2 aliphatic heterocycles. The zero-order valence-electron chi connectivity index (χ0n) is 32.4. The molecule has 14 heteroatoms. The third-order valence-electron chi connectivity index (χ3n) is 10.5. The monoisotopic (exact) mass is 752 g/mol. The lowest BCUT2D eigenvalue weighted by Gasteiger charge is -2.30. The summed E-state index contributed by atoms with van der Waals surface area (Å²) in [6.07, 6.45) is 5.41. The Morgan fingerprint density at radius 1 is 0.745 bits per heavy atom. The fourth-order valence-electron chi connectivity index (χ4n) is 7.48. The Bertz CT molecular complexity index is 1950. The number of methoxy groups -OCH3 is 1. The van der Waals surface area contributed by atoms with E-state index in [0.717, 1.165) is 65.1 Å². The molecule has 0 aliphatic carbocycles. The lowest BCUT2D eigenvalue weighted by atomic mass is 10.0. The molecule has 0 bridgehead atoms. The molecule has 2 saturated heterocycles. The lowest BCUT2D eigenvalue weighted by Crippen LogP contribution is -2.50. The molecule has 4 aromatic rings. The molecule has 0 radical (unpaired) electrons. The second kappa shape index (κ2) is 17.3. The van der Waals surface area contributed by atoms with Crippen LogP contribution in [-0.4, -0.2) is 99.6 Å². The minimum atomic E-state index is -0.874. The number of rotatable bonds is 13. The summed E-state index contributed by atoms with van der Waals surface area (Å²) in [5.41, 5.74) is 5.81. The zero-order chi connectivity index (χ0) is 39.2. The van der Waals surface area contributed by atoms with Gasteiger partial charge in [-0.05, 0) is 59.8 Å². The van der Waals surface area contributed by atoms with Crippen LogP contribution in [0.25, 0.3) is 33.6 Å². The zero-order valence-corrected chi connectivity index (χ0v) is 32.4. The van der Waals surface area contributed by atoms with Crippen molar-refractivity contribution in [2.75, 3.05) is 33.8 Å². The second-order valence-electron chi connectivity index (χ2n) is 14.9. The van der Waals surface area contributed by atoms with Gasteiger partial charge < -0.3 is 34.6 Å². The molecule has 3 amide bonds. The molecule has 4 heterocycles. The Kier molecular flexibility index (Phi) is 12.3. The number of carbonyl (C=O) groups is 4. The van der Waals surface area contributed by atoms with E-state index in [1.54, 1.807) is 11.1 Å². The molecule has 4 atom stereocenters. The molecule has 2 aromatic carbocycles. The van der Waals surface area contributed by atoms with Gasteiger partial charge in [-0.1, -0.05) is 76.2 Å². The Balaban J connectivity index is 1.10. The number of alkyl carbamates (subject to hydrolysis) is 1. The predicted octanol–water partition coefficient (Wildman–Crippen LogP) is 5.63. The van der Waals surface area contributed by atoms with Gasteiger partial charge in [-0.3, -0.25) is 19.7 Å². The number of benzene rings is 2. The smallest absolute Gasteiger partial charge is 0.407 e. The normalized spacial score (nSPS) is 18.1. The van der Waals surface area contributed by atoms with Gasteiger partial charge in [0.1, 0.15) is 11.6 Å². The number of nitrogens with one attached hydrogen (secondary N) is 4. The number of aromatic amines is 2. The van der Waals surface area contributed by atoms with Gasteiger partial charge in [0.25, 0.3) is 5.91 Å². The van der Waals surface area contributed by atoms with Crippen LogP contribution in [-0.2, 0) is 23.9 Å². The Hall–Kier alpha value is -5.50. The van der Waals surface area contributed by atoms with E-state index in [9.17, 15) is 19.2 Å². The van der Waals surface area contributed by atoms with Gasteiger partial charge in [-0.15, -0.1) is 0 Å². The Labute approximate surface area is 321 Å². The van der Waals surface area contributed by atoms with E-state index in [1.165, 1.54) is 14.2 Å². The summed E-state index contributed by atoms with van der Waals surface area (Å²) in [5, 5.41) is 5.52. The van der Waals surface area contributed by atoms with Crippen molar-refractivity contribution in [2.24, 2.45) is 11.8 Å². The van der Waals surface area contributed by atoms with E-state index < -0.39 is 24.2 Å². The van der Waals surface area contributed by atoms with Crippen molar-refractivity contribution >= 4 is 23.9 Å². The molecule has 2 fully saturated rings. The standard InChI is InChI=1S/C41H52N8O6/c1-24(2)35(43-23-34(50)54-6)39(51)48-19-7-9-32(48)37-44-21-30(46-37)28-15-11-26(12-16-28)27-13-17-29(18-14-27)31-22-45-38(47-31)33-10-8-20-49(33)40(52)36(25(3)4)55-41(53)42-5/h11-18,21-22,24-25,32-33,35-36,43H,7-10,19-20,23H2,1-6H3,(H,42,53)(H,44,46)(H,45,47)/t32-,33-,35-,36-/m0/s1. The van der Waals surface area contributed by atoms with Gasteiger partial charge in [-0.2, -0.15) is 0 Å². The first-order chi connectivity index (χ1) is 26.5. The largest absolute Gasteiger partial charge is 0.468 e. The van der Waals surface area contributed by atoms with Crippen LogP contribution in [0.3, 0.4) is 0 Å². The summed E-state index contributed by atoms with van der Waals surface area (Å²) in [4.78, 5) is 70.7. The van der Waals surface area contributed by atoms with Crippen LogP contribution >= 0.6 is 0 Å². The van der Waals surface area contributed by atoms with Gasteiger partial charge in [0.2, 0.25) is 5.91 Å². The molecule has 55 heavy (non-hydrogen) atoms. The molecule has 0 saturated carbocycles. The van der Waals surface area contributed by atoms with Gasteiger partial charge in [-0.25, -0.2) is 14.8 Å². The number of H-pyrrole nitrogens is 2. The maximum absolute atomic E-state index is 13.6. The van der Waals surface area contributed by atoms with Crippen LogP contribution < -0.4 is 10.6 Å². The van der Waals surface area contributed by atoms with Crippen molar-refractivity contribution in [2.45, 2.75) is 77.6 Å². The van der Waals surface area contributed by atoms with Crippen LogP contribution in [0.5, 0.6) is 0 Å². The molecular formula is C41H52N8O6. The van der Waals surface area contributed by atoms with E-state index in [4.69, 9.17) is 14.5 Å². The summed E-state index contributed by atoms with van der Waals surface area (Å²) < 4.78 is 10.2. The van der Waals surface area contributed by atoms with Crippen LogP contribution in [0.4, 0.5) is 4.79 Å². The summed E-state index contributed by atoms with van der Waals surface area (Å²) in [6, 6.07) is 15.6. The third-order valence-corrected chi connectivity index (χ3v) is 10.5. The van der Waals surface area contributed by atoms with Crippen molar-refractivity contribution in [1.82, 2.24) is 40.4 Å². The van der Waals surface area contributed by atoms with Gasteiger partial charge >= 0.3 is 12.1 Å². The average Bonchev–Trinajstić information content (AvgIpc) is 4.03. The fourth-order valence-corrected chi connectivity index (χ4v) is 7.48. The first kappa shape index (κ1) is 39.2. The second-order valence-corrected chi connectivity index (χ2v) is 14.9. The van der Waals surface area contributed by atoms with Crippen LogP contribution in [0.2, 0.25) is 0 Å². The average molecular weight is 753 g/mol. The SMILES string of the molecule is CNC(=O)O[C@H](C(=O)N1CCC[C@H]1c1ncc(-c2ccc(-c3ccc(-c4cnc([C@@H]5CCCN5C(=O)[C@@H](NCC(=O)OC)C(C)C)[nH]4)cc3)cc2)[nH]1)C(C)C. The summed E-state index contributed by atoms with van der Waals surface area (Å²) in [6.45, 7) is 8.84. The number of likely N-dealkylation sites (tertiary alicyclic amines) is 2. The number of nitrogens with zero attached hydrogens (tertiary/aromatic N) is 4. The molecule has 292 valence electrons. The molecule has 4 N–H and O–H groups in total. The van der Waals surface area contributed by atoms with Gasteiger partial charge in [0, 0.05) is 20.1 Å². The molecule has 6 rings (SSSR count). The Morgan fingerprint density at radius 3 is 1.65 bits per heavy atom. The molecule has 2 aromatic heterocycles. The number of amides is 3. The maximum Gasteiger partial charge on any atom is 0.407 e. The van der Waals surface area contributed by atoms with Crippen molar-refractivity contribution < 1.29 is 28.7 Å². The molecule has 2 aliphatic rings. The minimum absolute atomic E-state index is 0.00665. The van der Waals surface area contributed by atoms with Crippen molar-refractivity contribution in [3.05, 3.63) is 72.6 Å². The number of hydrogen-bond donors (Lipinski definition) is 4. The predicted molar refractivity (Wildman–Crippen MR) is 207 cm³/mol. The van der Waals surface area contributed by atoms with E-state index in [1.807, 2.05) is 38.8 Å². The van der Waals surface area contributed by atoms with Crippen LogP contribution in [0, 0.1) is 11.8 Å². The van der Waals surface area contributed by atoms with E-state index >= 15 is 0 Å². The van der Waals surface area contributed by atoms with Gasteiger partial charge in [0.05, 0.1) is 55.6 Å². The van der Waals surface area contributed by atoms with Crippen LogP contribution in [0.15, 0.2) is 60.9 Å². The third kappa shape index (κ3) is 8.75. The lowest BCUT2D eigenvalue weighted by molar-refractivity contribution is -0.144. The highest BCUT2D eigenvalue weighted by molar-refractivity contribution is 5.85. The number of ether oxygens (including phenoxy) is 2. The number of imidazole rings is 2. The first-order valence-corrected chi connectivity index (χ1v) is 19.1. The van der Waals surface area contributed by atoms with Crippen LogP contribution in [0.1, 0.15) is 77.1 Å². The van der Waals surface area contributed by atoms with Crippen molar-refractivity contribution in [3.63, 3.8) is 0 Å². The van der Waals surface area contributed by atoms with E-state index in [-0.39, 0.29) is 42.3 Å². The highest BCUT2D eigenvalue weighted by atomic mass is 16.6. The van der Waals surface area contributed by atoms with Gasteiger partial charge in [0.15, 0.2) is 6.10 Å². The fraction of sp³-hybridized carbons (Fsp3) is 0.463. The quantitative estimate of drug-likeness (QED) is 0.126. The topological polar surface area (TPSA) is 175 Å². The first-order valence-electron chi connectivity index (χ1n) is 19.1. The molecule has 0 spiro atoms. The summed E-state index contributed by atoms with van der Waals surface area (Å²) >= 11 is 0. The Morgan fingerprint density at radius 2 is 1.22 bits per heavy atom. The molecular weight excluding hydrogens is 701 g/mol. The summed E-state index contributed by atoms with van der Waals surface area (Å²) in [5.74, 6) is 0.623. The van der Waals surface area contributed by atoms with Crippen molar-refractivity contribution in [3.8, 4) is 33.6 Å².